The average Bonchev–Trinajstić information content (AvgIpc) is 3.34. The maximum absolute atomic E-state index is 5.40. The van der Waals surface area contributed by atoms with Crippen molar-refractivity contribution in [3.05, 3.63) is 57.0 Å². The summed E-state index contributed by atoms with van der Waals surface area (Å²) in [5.41, 5.74) is 1.94. The summed E-state index contributed by atoms with van der Waals surface area (Å²) in [6.07, 6.45) is 0. The molecular formula is C15H10N4OS4. The zero-order valence-electron chi connectivity index (χ0n) is 12.2. The molecule has 24 heavy (non-hydrogen) atoms. The minimum atomic E-state index is 0.564. The number of nitrogens with zero attached hydrogens (tertiary/aromatic N) is 4. The van der Waals surface area contributed by atoms with E-state index in [0.717, 1.165) is 15.6 Å². The minimum absolute atomic E-state index is 0.564. The van der Waals surface area contributed by atoms with Gasteiger partial charge in [-0.1, -0.05) is 46.5 Å². The maximum Gasteiger partial charge on any atom is 0.237 e. The topological polar surface area (TPSA) is 56.7 Å². The van der Waals surface area contributed by atoms with Gasteiger partial charge in [0.25, 0.3) is 0 Å². The molecule has 0 atom stereocenters. The van der Waals surface area contributed by atoms with Crippen molar-refractivity contribution in [3.63, 3.8) is 0 Å². The Morgan fingerprint density at radius 3 is 2.88 bits per heavy atom. The summed E-state index contributed by atoms with van der Waals surface area (Å²) in [5.74, 6) is 1.76. The third-order valence-corrected chi connectivity index (χ3v) is 6.13. The second-order valence-electron chi connectivity index (χ2n) is 4.69. The molecule has 0 N–H and O–H groups in total. The minimum Gasteiger partial charge on any atom is -0.338 e. The van der Waals surface area contributed by atoms with E-state index in [1.54, 1.807) is 27.8 Å². The number of hydrogen-bond donors (Lipinski definition) is 0. The van der Waals surface area contributed by atoms with Crippen LogP contribution in [-0.4, -0.2) is 19.9 Å². The van der Waals surface area contributed by atoms with Crippen LogP contribution in [0.4, 0.5) is 0 Å². The molecule has 0 aliphatic carbocycles. The summed E-state index contributed by atoms with van der Waals surface area (Å²) in [7, 11) is 0. The second kappa shape index (κ2) is 6.98. The number of rotatable bonds is 5. The molecule has 0 spiro atoms. The first-order valence-corrected chi connectivity index (χ1v) is 10.1. The zero-order chi connectivity index (χ0) is 16.4. The van der Waals surface area contributed by atoms with Crippen molar-refractivity contribution in [1.29, 1.82) is 0 Å². The molecule has 120 valence electrons. The first-order chi connectivity index (χ1) is 11.8. The van der Waals surface area contributed by atoms with Gasteiger partial charge in [-0.25, -0.2) is 4.68 Å². The highest BCUT2D eigenvalue weighted by Crippen LogP contribution is 2.27. The quantitative estimate of drug-likeness (QED) is 0.350. The van der Waals surface area contributed by atoms with Crippen molar-refractivity contribution in [2.24, 2.45) is 0 Å². The molecule has 4 aromatic rings. The van der Waals surface area contributed by atoms with Gasteiger partial charge in [0, 0.05) is 10.9 Å². The molecule has 0 amide bonds. The lowest BCUT2D eigenvalue weighted by Crippen LogP contribution is -1.95. The highest BCUT2D eigenvalue weighted by Gasteiger charge is 2.11. The number of thiophene rings is 1. The molecule has 1 aromatic carbocycles. The predicted octanol–water partition coefficient (Wildman–Crippen LogP) is 5.07. The van der Waals surface area contributed by atoms with Gasteiger partial charge >= 0.3 is 0 Å². The Kier molecular flexibility index (Phi) is 4.56. The van der Waals surface area contributed by atoms with E-state index in [0.29, 0.717) is 21.4 Å². The Morgan fingerprint density at radius 2 is 2.08 bits per heavy atom. The van der Waals surface area contributed by atoms with E-state index < -0.39 is 0 Å². The van der Waals surface area contributed by atoms with Crippen molar-refractivity contribution in [2.75, 3.05) is 0 Å². The molecule has 9 heteroatoms. The van der Waals surface area contributed by atoms with Crippen LogP contribution in [0.25, 0.3) is 17.1 Å². The standard InChI is InChI=1S/C15H10N4OS4/c21-15-19(11-4-2-1-3-5-11)17-14(24-15)23-9-12-16-13(18-20-12)10-6-7-22-8-10/h1-8H,9H2. The smallest absolute Gasteiger partial charge is 0.237 e. The van der Waals surface area contributed by atoms with Gasteiger partial charge in [0.2, 0.25) is 11.7 Å². The largest absolute Gasteiger partial charge is 0.338 e. The first kappa shape index (κ1) is 15.7. The molecule has 5 nitrogen and oxygen atoms in total. The number of para-hydroxylation sites is 1. The van der Waals surface area contributed by atoms with Crippen LogP contribution >= 0.6 is 46.7 Å². The first-order valence-electron chi connectivity index (χ1n) is 6.93. The van der Waals surface area contributed by atoms with Crippen LogP contribution in [0.15, 0.2) is 56.0 Å². The molecule has 0 aliphatic rings. The van der Waals surface area contributed by atoms with E-state index in [1.165, 1.54) is 11.3 Å². The van der Waals surface area contributed by atoms with Gasteiger partial charge in [0.15, 0.2) is 8.29 Å². The van der Waals surface area contributed by atoms with Gasteiger partial charge in [0.05, 0.1) is 11.4 Å². The second-order valence-corrected chi connectivity index (χ2v) is 8.32. The van der Waals surface area contributed by atoms with Crippen LogP contribution in [0.3, 0.4) is 0 Å². The van der Waals surface area contributed by atoms with Gasteiger partial charge in [-0.3, -0.25) is 0 Å². The van der Waals surface area contributed by atoms with Crippen molar-refractivity contribution in [1.82, 2.24) is 19.9 Å². The van der Waals surface area contributed by atoms with E-state index >= 15 is 0 Å². The van der Waals surface area contributed by atoms with E-state index in [1.807, 2.05) is 47.2 Å². The van der Waals surface area contributed by atoms with Gasteiger partial charge in [0.1, 0.15) is 0 Å². The highest BCUT2D eigenvalue weighted by molar-refractivity contribution is 8.00. The van der Waals surface area contributed by atoms with Crippen molar-refractivity contribution in [2.45, 2.75) is 10.1 Å². The van der Waals surface area contributed by atoms with Crippen LogP contribution in [0.1, 0.15) is 5.89 Å². The molecule has 0 radical (unpaired) electrons. The van der Waals surface area contributed by atoms with Crippen molar-refractivity contribution < 1.29 is 4.52 Å². The Labute approximate surface area is 155 Å². The SMILES string of the molecule is S=c1sc(SCc2nc(-c3ccsc3)no2)nn1-c1ccccc1. The van der Waals surface area contributed by atoms with E-state index in [9.17, 15) is 0 Å². The van der Waals surface area contributed by atoms with Gasteiger partial charge in [-0.15, -0.1) is 5.10 Å². The normalized spacial score (nSPS) is 11.0. The molecule has 0 bridgehead atoms. The van der Waals surface area contributed by atoms with Crippen LogP contribution in [0.5, 0.6) is 0 Å². The summed E-state index contributed by atoms with van der Waals surface area (Å²) in [5, 5.41) is 12.5. The fraction of sp³-hybridized carbons (Fsp3) is 0.0667. The summed E-state index contributed by atoms with van der Waals surface area (Å²) in [6, 6.07) is 11.8. The lowest BCUT2D eigenvalue weighted by Gasteiger charge is -1.98. The monoisotopic (exact) mass is 390 g/mol. The lowest BCUT2D eigenvalue weighted by molar-refractivity contribution is 0.391. The Hall–Kier alpha value is -1.81. The lowest BCUT2D eigenvalue weighted by atomic mass is 10.3. The Balaban J connectivity index is 1.48. The van der Waals surface area contributed by atoms with Crippen LogP contribution in [0.2, 0.25) is 0 Å². The van der Waals surface area contributed by atoms with Crippen molar-refractivity contribution in [3.8, 4) is 17.1 Å². The summed E-state index contributed by atoms with van der Waals surface area (Å²) < 4.78 is 8.66. The molecule has 3 heterocycles. The van der Waals surface area contributed by atoms with Gasteiger partial charge in [-0.2, -0.15) is 16.3 Å². The Bertz CT molecular complexity index is 988. The Morgan fingerprint density at radius 1 is 1.21 bits per heavy atom. The maximum atomic E-state index is 5.40. The molecule has 0 saturated heterocycles. The van der Waals surface area contributed by atoms with Crippen LogP contribution in [-0.2, 0) is 5.75 Å². The highest BCUT2D eigenvalue weighted by atomic mass is 32.2. The van der Waals surface area contributed by atoms with E-state index in [4.69, 9.17) is 16.7 Å². The zero-order valence-corrected chi connectivity index (χ0v) is 15.4. The van der Waals surface area contributed by atoms with E-state index in [2.05, 4.69) is 15.2 Å². The van der Waals surface area contributed by atoms with Crippen LogP contribution < -0.4 is 0 Å². The molecular weight excluding hydrogens is 380 g/mol. The predicted molar refractivity (Wildman–Crippen MR) is 99.4 cm³/mol. The average molecular weight is 391 g/mol. The van der Waals surface area contributed by atoms with Gasteiger partial charge < -0.3 is 4.52 Å². The fourth-order valence-electron chi connectivity index (χ4n) is 2.00. The number of aromatic nitrogens is 4. The van der Waals surface area contributed by atoms with Crippen LogP contribution in [0, 0.1) is 3.95 Å². The number of thioether (sulfide) groups is 1. The number of hydrogen-bond acceptors (Lipinski definition) is 8. The third kappa shape index (κ3) is 3.34. The van der Waals surface area contributed by atoms with Crippen molar-refractivity contribution >= 4 is 46.7 Å². The number of benzene rings is 1. The summed E-state index contributed by atoms with van der Waals surface area (Å²) in [4.78, 5) is 4.41. The fourth-order valence-corrected chi connectivity index (χ4v) is 4.83. The summed E-state index contributed by atoms with van der Waals surface area (Å²) in [6.45, 7) is 0. The molecule has 0 aliphatic heterocycles. The van der Waals surface area contributed by atoms with E-state index in [-0.39, 0.29) is 0 Å². The molecule has 0 fully saturated rings. The third-order valence-electron chi connectivity index (χ3n) is 3.10. The molecule has 4 rings (SSSR count). The van der Waals surface area contributed by atoms with Gasteiger partial charge in [-0.05, 0) is 35.8 Å². The molecule has 0 unspecified atom stereocenters. The molecule has 3 aromatic heterocycles. The molecule has 0 saturated carbocycles. The summed E-state index contributed by atoms with van der Waals surface area (Å²) >= 11 is 10.0.